The van der Waals surface area contributed by atoms with Crippen molar-refractivity contribution < 1.29 is 9.84 Å². The summed E-state index contributed by atoms with van der Waals surface area (Å²) in [6.45, 7) is 2.80. The number of aliphatic hydroxyl groups is 1. The lowest BCUT2D eigenvalue weighted by Crippen LogP contribution is -2.40. The van der Waals surface area contributed by atoms with Gasteiger partial charge in [-0.05, 0) is 31.9 Å². The molecule has 0 spiro atoms. The van der Waals surface area contributed by atoms with Crippen molar-refractivity contribution in [2.24, 2.45) is 5.73 Å². The minimum atomic E-state index is -0.477. The molecule has 0 radical (unpaired) electrons. The van der Waals surface area contributed by atoms with Crippen LogP contribution in [0.2, 0.25) is 0 Å². The molecule has 18 heavy (non-hydrogen) atoms. The van der Waals surface area contributed by atoms with Crippen molar-refractivity contribution in [3.8, 4) is 5.75 Å². The third kappa shape index (κ3) is 4.55. The third-order valence-electron chi connectivity index (χ3n) is 3.10. The van der Waals surface area contributed by atoms with Crippen LogP contribution in [-0.2, 0) is 0 Å². The maximum Gasteiger partial charge on any atom is 0.120 e. The molecule has 1 unspecified atom stereocenters. The second-order valence-corrected chi connectivity index (χ2v) is 5.04. The average Bonchev–Trinajstić information content (AvgIpc) is 2.38. The molecule has 0 fully saturated rings. The van der Waals surface area contributed by atoms with E-state index < -0.39 is 5.54 Å². The summed E-state index contributed by atoms with van der Waals surface area (Å²) in [4.78, 5) is 2.16. The van der Waals surface area contributed by atoms with Gasteiger partial charge in [0.25, 0.3) is 0 Å². The zero-order valence-corrected chi connectivity index (χ0v) is 11.5. The van der Waals surface area contributed by atoms with E-state index in [-0.39, 0.29) is 6.61 Å². The Labute approximate surface area is 109 Å². The summed E-state index contributed by atoms with van der Waals surface area (Å²) in [5, 5.41) is 9.09. The molecule has 1 rings (SSSR count). The van der Waals surface area contributed by atoms with Crippen molar-refractivity contribution in [2.45, 2.75) is 25.3 Å². The van der Waals surface area contributed by atoms with Gasteiger partial charge in [0.05, 0.1) is 13.7 Å². The number of rotatable bonds is 7. The van der Waals surface area contributed by atoms with Crippen LogP contribution >= 0.6 is 0 Å². The summed E-state index contributed by atoms with van der Waals surface area (Å²) in [7, 11) is 3.71. The summed E-state index contributed by atoms with van der Waals surface area (Å²) in [6, 6.07) is 7.97. The van der Waals surface area contributed by atoms with Gasteiger partial charge < -0.3 is 20.5 Å². The Morgan fingerprint density at radius 2 is 2.17 bits per heavy atom. The van der Waals surface area contributed by atoms with Crippen molar-refractivity contribution in [1.29, 1.82) is 0 Å². The van der Waals surface area contributed by atoms with Gasteiger partial charge in [-0.3, -0.25) is 0 Å². The highest BCUT2D eigenvalue weighted by Crippen LogP contribution is 2.20. The van der Waals surface area contributed by atoms with Gasteiger partial charge in [-0.15, -0.1) is 0 Å². The largest absolute Gasteiger partial charge is 0.497 e. The highest BCUT2D eigenvalue weighted by molar-refractivity contribution is 5.49. The van der Waals surface area contributed by atoms with E-state index in [0.717, 1.165) is 30.8 Å². The lowest BCUT2D eigenvalue weighted by Gasteiger charge is -2.24. The summed E-state index contributed by atoms with van der Waals surface area (Å²) in [5.41, 5.74) is 6.54. The van der Waals surface area contributed by atoms with Gasteiger partial charge in [0.15, 0.2) is 0 Å². The van der Waals surface area contributed by atoms with Crippen LogP contribution in [0.15, 0.2) is 24.3 Å². The van der Waals surface area contributed by atoms with Crippen molar-refractivity contribution in [3.63, 3.8) is 0 Å². The van der Waals surface area contributed by atoms with Crippen LogP contribution in [0.1, 0.15) is 19.8 Å². The first-order valence-electron chi connectivity index (χ1n) is 6.23. The molecule has 0 heterocycles. The number of ether oxygens (including phenoxy) is 1. The first-order chi connectivity index (χ1) is 8.48. The summed E-state index contributed by atoms with van der Waals surface area (Å²) in [5.74, 6) is 0.860. The predicted octanol–water partition coefficient (Wildman–Crippen LogP) is 1.62. The highest BCUT2D eigenvalue weighted by atomic mass is 16.5. The van der Waals surface area contributed by atoms with Crippen molar-refractivity contribution in [3.05, 3.63) is 24.3 Å². The number of methoxy groups -OCH3 is 1. The van der Waals surface area contributed by atoms with E-state index in [4.69, 9.17) is 15.6 Å². The minimum Gasteiger partial charge on any atom is -0.497 e. The molecule has 0 saturated carbocycles. The van der Waals surface area contributed by atoms with Gasteiger partial charge in [-0.1, -0.05) is 6.07 Å². The van der Waals surface area contributed by atoms with Crippen LogP contribution in [0.5, 0.6) is 5.75 Å². The number of hydrogen-bond donors (Lipinski definition) is 2. The molecule has 0 amide bonds. The van der Waals surface area contributed by atoms with E-state index >= 15 is 0 Å². The fraction of sp³-hybridized carbons (Fsp3) is 0.571. The molecule has 1 aromatic rings. The molecule has 0 saturated heterocycles. The maximum atomic E-state index is 9.09. The summed E-state index contributed by atoms with van der Waals surface area (Å²) >= 11 is 0. The zero-order chi connectivity index (χ0) is 13.6. The van der Waals surface area contributed by atoms with Gasteiger partial charge in [0.2, 0.25) is 0 Å². The Morgan fingerprint density at radius 3 is 2.78 bits per heavy atom. The minimum absolute atomic E-state index is 0.0237. The second kappa shape index (κ2) is 6.61. The van der Waals surface area contributed by atoms with E-state index in [0.29, 0.717) is 0 Å². The fourth-order valence-corrected chi connectivity index (χ4v) is 1.78. The quantitative estimate of drug-likeness (QED) is 0.774. The molecule has 0 aliphatic rings. The molecule has 102 valence electrons. The van der Waals surface area contributed by atoms with E-state index in [9.17, 15) is 0 Å². The predicted molar refractivity (Wildman–Crippen MR) is 75.2 cm³/mol. The molecule has 3 N–H and O–H groups in total. The Morgan fingerprint density at radius 1 is 1.44 bits per heavy atom. The monoisotopic (exact) mass is 252 g/mol. The fourth-order valence-electron chi connectivity index (χ4n) is 1.78. The van der Waals surface area contributed by atoms with E-state index in [2.05, 4.69) is 11.0 Å². The van der Waals surface area contributed by atoms with Crippen LogP contribution in [0.3, 0.4) is 0 Å². The summed E-state index contributed by atoms with van der Waals surface area (Å²) in [6.07, 6.45) is 1.75. The molecule has 4 nitrogen and oxygen atoms in total. The van der Waals surface area contributed by atoms with E-state index in [1.165, 1.54) is 0 Å². The standard InChI is InChI=1S/C14H24N2O2/c1-14(15,11-17)8-5-9-16(2)12-6-4-7-13(10-12)18-3/h4,6-7,10,17H,5,8-9,11,15H2,1-3H3. The second-order valence-electron chi connectivity index (χ2n) is 5.04. The average molecular weight is 252 g/mol. The topological polar surface area (TPSA) is 58.7 Å². The number of aliphatic hydroxyl groups excluding tert-OH is 1. The SMILES string of the molecule is COc1cccc(N(C)CCCC(C)(N)CO)c1. The number of benzene rings is 1. The Balaban J connectivity index is 2.47. The van der Waals surface area contributed by atoms with Crippen LogP contribution < -0.4 is 15.4 Å². The highest BCUT2D eigenvalue weighted by Gasteiger charge is 2.16. The normalized spacial score (nSPS) is 14.1. The molecule has 0 aromatic heterocycles. The van der Waals surface area contributed by atoms with Crippen molar-refractivity contribution in [1.82, 2.24) is 0 Å². The maximum absolute atomic E-state index is 9.09. The Hall–Kier alpha value is -1.26. The van der Waals surface area contributed by atoms with Crippen LogP contribution in [-0.4, -0.2) is 38.0 Å². The van der Waals surface area contributed by atoms with Crippen molar-refractivity contribution in [2.75, 3.05) is 32.2 Å². The molecule has 1 aromatic carbocycles. The molecule has 0 aliphatic carbocycles. The Kier molecular flexibility index (Phi) is 5.44. The Bertz CT molecular complexity index is 367. The first-order valence-corrected chi connectivity index (χ1v) is 6.23. The number of nitrogens with two attached hydrogens (primary N) is 1. The number of hydrogen-bond acceptors (Lipinski definition) is 4. The van der Waals surface area contributed by atoms with Crippen molar-refractivity contribution >= 4 is 5.69 Å². The molecule has 0 bridgehead atoms. The molecule has 1 atom stereocenters. The lowest BCUT2D eigenvalue weighted by molar-refractivity contribution is 0.199. The van der Waals surface area contributed by atoms with Gasteiger partial charge in [0, 0.05) is 30.9 Å². The molecule has 0 aliphatic heterocycles. The van der Waals surface area contributed by atoms with Crippen LogP contribution in [0, 0.1) is 0 Å². The number of nitrogens with zero attached hydrogens (tertiary/aromatic N) is 1. The first kappa shape index (κ1) is 14.8. The molecular weight excluding hydrogens is 228 g/mol. The van der Waals surface area contributed by atoms with Gasteiger partial charge >= 0.3 is 0 Å². The molecular formula is C14H24N2O2. The van der Waals surface area contributed by atoms with Gasteiger partial charge in [-0.25, -0.2) is 0 Å². The smallest absolute Gasteiger partial charge is 0.120 e. The summed E-state index contributed by atoms with van der Waals surface area (Å²) < 4.78 is 5.20. The van der Waals surface area contributed by atoms with Crippen LogP contribution in [0.4, 0.5) is 5.69 Å². The lowest BCUT2D eigenvalue weighted by atomic mass is 9.98. The zero-order valence-electron chi connectivity index (χ0n) is 11.5. The van der Waals surface area contributed by atoms with Gasteiger partial charge in [-0.2, -0.15) is 0 Å². The number of anilines is 1. The van der Waals surface area contributed by atoms with Gasteiger partial charge in [0.1, 0.15) is 5.75 Å². The van der Waals surface area contributed by atoms with Crippen LogP contribution in [0.25, 0.3) is 0 Å². The molecule has 4 heteroatoms. The van der Waals surface area contributed by atoms with E-state index in [1.54, 1.807) is 7.11 Å². The third-order valence-corrected chi connectivity index (χ3v) is 3.10. The van der Waals surface area contributed by atoms with E-state index in [1.807, 2.05) is 32.2 Å².